The highest BCUT2D eigenvalue weighted by atomic mass is 19.4. The van der Waals surface area contributed by atoms with Gasteiger partial charge >= 0.3 is 6.18 Å². The van der Waals surface area contributed by atoms with Crippen molar-refractivity contribution in [2.45, 2.75) is 32.0 Å². The summed E-state index contributed by atoms with van der Waals surface area (Å²) in [6, 6.07) is 8.00. The van der Waals surface area contributed by atoms with E-state index in [-0.39, 0.29) is 35.3 Å². The molecule has 0 bridgehead atoms. The Labute approximate surface area is 179 Å². The van der Waals surface area contributed by atoms with E-state index in [1.165, 1.54) is 29.0 Å². The normalized spacial score (nSPS) is 12.2. The van der Waals surface area contributed by atoms with E-state index in [4.69, 9.17) is 5.11 Å². The standard InChI is InChI=1S/C22H19F5N2O3/c1-21(23,24)14-9-13(10-15(12-14)22(25,26)27)11-19(31)28-18-4-2-3-17-16(18)5-6-29(7-8-30)20(17)32/h2-6,9-10,12,30H,7-8,11H2,1H3,(H,28,31). The van der Waals surface area contributed by atoms with E-state index in [2.05, 4.69) is 5.32 Å². The third kappa shape index (κ3) is 5.13. The fourth-order valence-electron chi connectivity index (χ4n) is 3.30. The second-order valence-electron chi connectivity index (χ2n) is 7.33. The summed E-state index contributed by atoms with van der Waals surface area (Å²) < 4.78 is 68.0. The summed E-state index contributed by atoms with van der Waals surface area (Å²) in [5.41, 5.74) is -2.48. The van der Waals surface area contributed by atoms with Crippen LogP contribution in [0.1, 0.15) is 23.6 Å². The Morgan fingerprint density at radius 3 is 2.34 bits per heavy atom. The molecule has 170 valence electrons. The number of benzene rings is 2. The zero-order valence-electron chi connectivity index (χ0n) is 16.8. The second kappa shape index (κ2) is 8.70. The molecule has 0 aliphatic rings. The van der Waals surface area contributed by atoms with E-state index in [1.807, 2.05) is 0 Å². The number of nitrogens with zero attached hydrogens (tertiary/aromatic N) is 1. The number of halogens is 5. The molecule has 2 aromatic carbocycles. The molecular weight excluding hydrogens is 435 g/mol. The summed E-state index contributed by atoms with van der Waals surface area (Å²) in [5, 5.41) is 12.2. The Balaban J connectivity index is 1.91. The number of hydrogen-bond acceptors (Lipinski definition) is 3. The molecule has 10 heteroatoms. The van der Waals surface area contributed by atoms with Crippen molar-refractivity contribution >= 4 is 22.4 Å². The van der Waals surface area contributed by atoms with Crippen molar-refractivity contribution in [1.29, 1.82) is 0 Å². The predicted molar refractivity (Wildman–Crippen MR) is 109 cm³/mol. The number of anilines is 1. The first-order valence-electron chi connectivity index (χ1n) is 9.52. The molecule has 1 aromatic heterocycles. The van der Waals surface area contributed by atoms with Crippen molar-refractivity contribution in [2.75, 3.05) is 11.9 Å². The van der Waals surface area contributed by atoms with Crippen molar-refractivity contribution in [1.82, 2.24) is 4.57 Å². The van der Waals surface area contributed by atoms with Crippen LogP contribution in [0.3, 0.4) is 0 Å². The summed E-state index contributed by atoms with van der Waals surface area (Å²) in [7, 11) is 0. The van der Waals surface area contributed by atoms with Crippen LogP contribution in [0.15, 0.2) is 53.5 Å². The number of fused-ring (bicyclic) bond motifs is 1. The number of aromatic nitrogens is 1. The number of alkyl halides is 5. The minimum atomic E-state index is -4.85. The van der Waals surface area contributed by atoms with Crippen LogP contribution in [-0.2, 0) is 29.9 Å². The van der Waals surface area contributed by atoms with Gasteiger partial charge in [-0.3, -0.25) is 9.59 Å². The number of nitrogens with one attached hydrogen (secondary N) is 1. The van der Waals surface area contributed by atoms with E-state index in [0.29, 0.717) is 24.4 Å². The third-order valence-corrected chi connectivity index (χ3v) is 4.83. The SMILES string of the molecule is CC(F)(F)c1cc(CC(=O)Nc2cccc3c(=O)n(CCO)ccc23)cc(C(F)(F)F)c1. The number of amides is 1. The highest BCUT2D eigenvalue weighted by Gasteiger charge is 2.34. The summed E-state index contributed by atoms with van der Waals surface area (Å²) in [6.45, 7) is 0.328. The van der Waals surface area contributed by atoms with E-state index in [1.54, 1.807) is 6.07 Å². The first-order valence-corrected chi connectivity index (χ1v) is 9.52. The van der Waals surface area contributed by atoms with Gasteiger partial charge in [-0.25, -0.2) is 8.78 Å². The van der Waals surface area contributed by atoms with Gasteiger partial charge in [-0.15, -0.1) is 0 Å². The van der Waals surface area contributed by atoms with Crippen LogP contribution in [0.2, 0.25) is 0 Å². The molecule has 0 fully saturated rings. The smallest absolute Gasteiger partial charge is 0.395 e. The fraction of sp³-hybridized carbons (Fsp3) is 0.273. The third-order valence-electron chi connectivity index (χ3n) is 4.83. The molecule has 1 amide bonds. The average molecular weight is 454 g/mol. The molecule has 5 nitrogen and oxygen atoms in total. The van der Waals surface area contributed by atoms with Gasteiger partial charge in [0.15, 0.2) is 0 Å². The van der Waals surface area contributed by atoms with Gasteiger partial charge in [0.05, 0.1) is 18.6 Å². The van der Waals surface area contributed by atoms with Gasteiger partial charge in [0.25, 0.3) is 11.5 Å². The largest absolute Gasteiger partial charge is 0.416 e. The van der Waals surface area contributed by atoms with Crippen LogP contribution in [0.25, 0.3) is 10.8 Å². The van der Waals surface area contributed by atoms with Crippen LogP contribution in [0.4, 0.5) is 27.6 Å². The number of aliphatic hydroxyl groups is 1. The second-order valence-corrected chi connectivity index (χ2v) is 7.33. The van der Waals surface area contributed by atoms with E-state index < -0.39 is 35.6 Å². The summed E-state index contributed by atoms with van der Waals surface area (Å²) in [4.78, 5) is 25.0. The molecule has 0 atom stereocenters. The van der Waals surface area contributed by atoms with Gasteiger partial charge in [0.1, 0.15) is 0 Å². The van der Waals surface area contributed by atoms with Crippen molar-refractivity contribution in [3.8, 4) is 0 Å². The summed E-state index contributed by atoms with van der Waals surface area (Å²) >= 11 is 0. The lowest BCUT2D eigenvalue weighted by Gasteiger charge is -2.16. The van der Waals surface area contributed by atoms with Crippen LogP contribution < -0.4 is 10.9 Å². The first kappa shape index (κ1) is 23.4. The minimum absolute atomic E-state index is 0.0886. The van der Waals surface area contributed by atoms with Crippen molar-refractivity contribution in [3.05, 3.63) is 75.7 Å². The van der Waals surface area contributed by atoms with Crippen molar-refractivity contribution in [2.24, 2.45) is 0 Å². The Morgan fingerprint density at radius 2 is 1.72 bits per heavy atom. The lowest BCUT2D eigenvalue weighted by Crippen LogP contribution is -2.22. The van der Waals surface area contributed by atoms with E-state index >= 15 is 0 Å². The predicted octanol–water partition coefficient (Wildman–Crippen LogP) is 4.31. The molecule has 3 rings (SSSR count). The van der Waals surface area contributed by atoms with E-state index in [0.717, 1.165) is 6.07 Å². The number of hydrogen-bond donors (Lipinski definition) is 2. The van der Waals surface area contributed by atoms with Gasteiger partial charge < -0.3 is 15.0 Å². The molecule has 2 N–H and O–H groups in total. The van der Waals surface area contributed by atoms with Crippen LogP contribution in [0, 0.1) is 0 Å². The molecule has 0 aliphatic carbocycles. The zero-order chi connectivity index (χ0) is 23.7. The Morgan fingerprint density at radius 1 is 1.03 bits per heavy atom. The molecule has 0 spiro atoms. The lowest BCUT2D eigenvalue weighted by molar-refractivity contribution is -0.138. The highest BCUT2D eigenvalue weighted by Crippen LogP contribution is 2.35. The van der Waals surface area contributed by atoms with Crippen LogP contribution in [0.5, 0.6) is 0 Å². The maximum Gasteiger partial charge on any atom is 0.416 e. The van der Waals surface area contributed by atoms with Gasteiger partial charge in [-0.2, -0.15) is 13.2 Å². The van der Waals surface area contributed by atoms with Gasteiger partial charge in [-0.1, -0.05) is 6.07 Å². The molecule has 0 saturated heterocycles. The van der Waals surface area contributed by atoms with Crippen LogP contribution in [-0.4, -0.2) is 22.2 Å². The highest BCUT2D eigenvalue weighted by molar-refractivity contribution is 6.02. The molecule has 0 saturated carbocycles. The number of rotatable bonds is 6. The maximum atomic E-state index is 13.7. The maximum absolute atomic E-state index is 13.7. The van der Waals surface area contributed by atoms with Crippen molar-refractivity contribution < 1.29 is 31.9 Å². The Hall–Kier alpha value is -3.27. The van der Waals surface area contributed by atoms with Gasteiger partial charge in [0.2, 0.25) is 5.91 Å². The number of carbonyl (C=O) groups excluding carboxylic acids is 1. The van der Waals surface area contributed by atoms with Gasteiger partial charge in [0, 0.05) is 41.7 Å². The molecule has 32 heavy (non-hydrogen) atoms. The molecule has 0 radical (unpaired) electrons. The zero-order valence-corrected chi connectivity index (χ0v) is 16.8. The molecule has 3 aromatic rings. The average Bonchev–Trinajstić information content (AvgIpc) is 2.69. The monoisotopic (exact) mass is 454 g/mol. The van der Waals surface area contributed by atoms with E-state index in [9.17, 15) is 31.5 Å². The number of carbonyl (C=O) groups is 1. The molecule has 0 unspecified atom stereocenters. The Kier molecular flexibility index (Phi) is 6.36. The topological polar surface area (TPSA) is 71.3 Å². The van der Waals surface area contributed by atoms with Crippen LogP contribution >= 0.6 is 0 Å². The molecular formula is C22H19F5N2O3. The summed E-state index contributed by atoms with van der Waals surface area (Å²) in [6.07, 6.45) is -3.99. The first-order chi connectivity index (χ1) is 14.9. The van der Waals surface area contributed by atoms with Gasteiger partial charge in [-0.05, 0) is 42.0 Å². The molecule has 0 aliphatic heterocycles. The minimum Gasteiger partial charge on any atom is -0.395 e. The quantitative estimate of drug-likeness (QED) is 0.546. The summed E-state index contributed by atoms with van der Waals surface area (Å²) in [5.74, 6) is -4.25. The lowest BCUT2D eigenvalue weighted by atomic mass is 9.99. The molecule has 1 heterocycles. The number of aliphatic hydroxyl groups excluding tert-OH is 1. The Bertz CT molecular complexity index is 1180. The van der Waals surface area contributed by atoms with Crippen molar-refractivity contribution in [3.63, 3.8) is 0 Å². The number of pyridine rings is 1. The fourth-order valence-corrected chi connectivity index (χ4v) is 3.30.